The van der Waals surface area contributed by atoms with Crippen molar-refractivity contribution in [1.29, 1.82) is 0 Å². The summed E-state index contributed by atoms with van der Waals surface area (Å²) in [5, 5.41) is 0. The maximum atomic E-state index is 3.82. The summed E-state index contributed by atoms with van der Waals surface area (Å²) in [5.74, 6) is 0. The Labute approximate surface area is 112 Å². The topological polar surface area (TPSA) is 0 Å². The van der Waals surface area contributed by atoms with Gasteiger partial charge in [-0.05, 0) is 32.3 Å². The minimum absolute atomic E-state index is 1.09. The lowest BCUT2D eigenvalue weighted by atomic mass is 10.1. The van der Waals surface area contributed by atoms with Crippen molar-refractivity contribution < 1.29 is 0 Å². The molecule has 0 aromatic heterocycles. The van der Waals surface area contributed by atoms with E-state index in [1.807, 2.05) is 42.5 Å². The number of rotatable bonds is 5. The van der Waals surface area contributed by atoms with Gasteiger partial charge in [0.15, 0.2) is 0 Å². The average molecular weight is 240 g/mol. The first kappa shape index (κ1) is 16.2. The third-order valence-electron chi connectivity index (χ3n) is 2.39. The first-order valence-electron chi connectivity index (χ1n) is 6.21. The molecule has 18 heavy (non-hydrogen) atoms. The molecule has 0 unspecified atom stereocenters. The molecule has 0 heterocycles. The van der Waals surface area contributed by atoms with E-state index in [1.165, 1.54) is 16.7 Å². The molecular formula is C18H24. The molecule has 0 heteroatoms. The monoisotopic (exact) mass is 240 g/mol. The molecule has 0 spiro atoms. The quantitative estimate of drug-likeness (QED) is 0.450. The van der Waals surface area contributed by atoms with Crippen LogP contribution in [0.1, 0.15) is 32.3 Å². The van der Waals surface area contributed by atoms with Crippen molar-refractivity contribution in [3.63, 3.8) is 0 Å². The molecule has 0 aliphatic heterocycles. The van der Waals surface area contributed by atoms with E-state index in [2.05, 4.69) is 39.7 Å². The van der Waals surface area contributed by atoms with Gasteiger partial charge in [-0.15, -0.1) is 6.58 Å². The lowest BCUT2D eigenvalue weighted by Crippen LogP contribution is -1.73. The van der Waals surface area contributed by atoms with Gasteiger partial charge in [-0.25, -0.2) is 0 Å². The summed E-state index contributed by atoms with van der Waals surface area (Å²) in [7, 11) is 0. The summed E-state index contributed by atoms with van der Waals surface area (Å²) in [6.45, 7) is 15.2. The molecule has 0 fully saturated rings. The molecule has 1 aromatic carbocycles. The van der Waals surface area contributed by atoms with Gasteiger partial charge in [-0.2, -0.15) is 0 Å². The van der Waals surface area contributed by atoms with Crippen molar-refractivity contribution in [3.05, 3.63) is 78.9 Å². The second-order valence-electron chi connectivity index (χ2n) is 4.26. The van der Waals surface area contributed by atoms with Gasteiger partial charge in [0.05, 0.1) is 0 Å². The van der Waals surface area contributed by atoms with Crippen molar-refractivity contribution in [3.8, 4) is 0 Å². The molecule has 96 valence electrons. The molecule has 0 aliphatic carbocycles. The highest BCUT2D eigenvalue weighted by atomic mass is 13.9. The summed E-state index contributed by atoms with van der Waals surface area (Å²) in [6, 6.07) is 10.0. The highest BCUT2D eigenvalue weighted by molar-refractivity contribution is 5.45. The van der Waals surface area contributed by atoms with Crippen molar-refractivity contribution in [2.45, 2.75) is 26.7 Å². The number of benzene rings is 1. The van der Waals surface area contributed by atoms with Gasteiger partial charge in [0.25, 0.3) is 0 Å². The molecule has 0 saturated carbocycles. The molecule has 0 atom stereocenters. The molecule has 0 aliphatic rings. The van der Waals surface area contributed by atoms with Crippen LogP contribution in [0.4, 0.5) is 0 Å². The zero-order valence-electron chi connectivity index (χ0n) is 11.7. The van der Waals surface area contributed by atoms with Crippen LogP contribution in [-0.2, 0) is 0 Å². The van der Waals surface area contributed by atoms with Crippen molar-refractivity contribution in [2.24, 2.45) is 0 Å². The Kier molecular flexibility index (Phi) is 9.30. The number of allylic oxidation sites excluding steroid dienone is 4. The van der Waals surface area contributed by atoms with Gasteiger partial charge in [-0.3, -0.25) is 0 Å². The van der Waals surface area contributed by atoms with Crippen LogP contribution in [0.3, 0.4) is 0 Å². The fraction of sp³-hybridized carbons (Fsp3) is 0.222. The number of hydrogen-bond donors (Lipinski definition) is 0. The van der Waals surface area contributed by atoms with Gasteiger partial charge in [0, 0.05) is 0 Å². The van der Waals surface area contributed by atoms with E-state index in [1.54, 1.807) is 0 Å². The zero-order chi connectivity index (χ0) is 13.8. The minimum Gasteiger partial charge on any atom is -0.100 e. The Balaban J connectivity index is 0.000000327. The largest absolute Gasteiger partial charge is 0.100 e. The molecule has 0 radical (unpaired) electrons. The highest BCUT2D eigenvalue weighted by Crippen LogP contribution is 2.04. The smallest absolute Gasteiger partial charge is 0.0263 e. The zero-order valence-corrected chi connectivity index (χ0v) is 11.7. The molecule has 0 N–H and O–H groups in total. The van der Waals surface area contributed by atoms with E-state index in [4.69, 9.17) is 0 Å². The van der Waals surface area contributed by atoms with Crippen LogP contribution in [0.25, 0.3) is 6.08 Å². The molecule has 1 aromatic rings. The number of hydrogen-bond acceptors (Lipinski definition) is 0. The van der Waals surface area contributed by atoms with Crippen molar-refractivity contribution >= 4 is 6.08 Å². The fourth-order valence-corrected chi connectivity index (χ4v) is 1.22. The van der Waals surface area contributed by atoms with Crippen LogP contribution in [0.5, 0.6) is 0 Å². The van der Waals surface area contributed by atoms with Crippen LogP contribution in [0, 0.1) is 0 Å². The van der Waals surface area contributed by atoms with Gasteiger partial charge in [0.1, 0.15) is 0 Å². The predicted octanol–water partition coefficient (Wildman–Crippen LogP) is 5.80. The van der Waals surface area contributed by atoms with E-state index in [-0.39, 0.29) is 0 Å². The highest BCUT2D eigenvalue weighted by Gasteiger charge is 1.83. The van der Waals surface area contributed by atoms with Crippen LogP contribution in [-0.4, -0.2) is 0 Å². The first-order valence-corrected chi connectivity index (χ1v) is 6.21. The Morgan fingerprint density at radius 2 is 1.72 bits per heavy atom. The molecular weight excluding hydrogens is 216 g/mol. The van der Waals surface area contributed by atoms with Crippen LogP contribution in [0.2, 0.25) is 0 Å². The predicted molar refractivity (Wildman–Crippen MR) is 84.5 cm³/mol. The van der Waals surface area contributed by atoms with Gasteiger partial charge in [0.2, 0.25) is 0 Å². The van der Waals surface area contributed by atoms with Crippen molar-refractivity contribution in [1.82, 2.24) is 0 Å². The van der Waals surface area contributed by atoms with E-state index in [0.717, 1.165) is 12.8 Å². The Morgan fingerprint density at radius 3 is 2.11 bits per heavy atom. The van der Waals surface area contributed by atoms with Crippen LogP contribution in [0.15, 0.2) is 73.4 Å². The van der Waals surface area contributed by atoms with Crippen molar-refractivity contribution in [2.75, 3.05) is 0 Å². The normalized spacial score (nSPS) is 10.0. The van der Waals surface area contributed by atoms with Crippen LogP contribution >= 0.6 is 0 Å². The third-order valence-corrected chi connectivity index (χ3v) is 2.39. The Morgan fingerprint density at radius 1 is 1.11 bits per heavy atom. The summed E-state index contributed by atoms with van der Waals surface area (Å²) in [5.41, 5.74) is 3.67. The lowest BCUT2D eigenvalue weighted by molar-refractivity contribution is 0.977. The summed E-state index contributed by atoms with van der Waals surface area (Å²) in [6.07, 6.45) is 8.07. The van der Waals surface area contributed by atoms with Gasteiger partial charge < -0.3 is 0 Å². The Hall–Kier alpha value is -1.82. The average Bonchev–Trinajstić information content (AvgIpc) is 2.39. The molecule has 0 amide bonds. The summed E-state index contributed by atoms with van der Waals surface area (Å²) < 4.78 is 0. The van der Waals surface area contributed by atoms with E-state index in [9.17, 15) is 0 Å². The lowest BCUT2D eigenvalue weighted by Gasteiger charge is -1.93. The minimum atomic E-state index is 1.09. The summed E-state index contributed by atoms with van der Waals surface area (Å²) in [4.78, 5) is 0. The SMILES string of the molecule is C=C/C(C)=C/CCC(=C)C.C=Cc1ccccc1. The van der Waals surface area contributed by atoms with E-state index >= 15 is 0 Å². The van der Waals surface area contributed by atoms with E-state index in [0.29, 0.717) is 0 Å². The van der Waals surface area contributed by atoms with Crippen LogP contribution < -0.4 is 0 Å². The molecule has 1 rings (SSSR count). The fourth-order valence-electron chi connectivity index (χ4n) is 1.22. The maximum Gasteiger partial charge on any atom is -0.0263 e. The maximum absolute atomic E-state index is 3.82. The second kappa shape index (κ2) is 10.3. The van der Waals surface area contributed by atoms with E-state index < -0.39 is 0 Å². The second-order valence-corrected chi connectivity index (χ2v) is 4.26. The summed E-state index contributed by atoms with van der Waals surface area (Å²) >= 11 is 0. The molecule has 0 bridgehead atoms. The first-order chi connectivity index (χ1) is 8.60. The third kappa shape index (κ3) is 9.41. The van der Waals surface area contributed by atoms with Gasteiger partial charge in [-0.1, -0.05) is 72.9 Å². The molecule has 0 nitrogen and oxygen atoms in total. The van der Waals surface area contributed by atoms with Gasteiger partial charge >= 0.3 is 0 Å². The Bertz CT molecular complexity index is 393. The standard InChI is InChI=1S/C10H16.C8H8/c1-5-10(4)8-6-7-9(2)3;1-2-8-6-4-3-5-7-8/h5,8H,1-2,6-7H2,3-4H3;2-7H,1H2/b10-8+;. The molecule has 0 saturated heterocycles.